The highest BCUT2D eigenvalue weighted by Crippen LogP contribution is 2.52. The van der Waals surface area contributed by atoms with E-state index >= 15 is 0 Å². The molecule has 26 heavy (non-hydrogen) atoms. The van der Waals surface area contributed by atoms with Crippen molar-refractivity contribution < 1.29 is 0 Å². The van der Waals surface area contributed by atoms with Gasteiger partial charge in [-0.25, -0.2) is 0 Å². The van der Waals surface area contributed by atoms with Gasteiger partial charge in [0.25, 0.3) is 0 Å². The lowest BCUT2D eigenvalue weighted by molar-refractivity contribution is 0.162. The van der Waals surface area contributed by atoms with Crippen LogP contribution in [0.15, 0.2) is 91.0 Å². The minimum Gasteiger partial charge on any atom is -0.0622 e. The van der Waals surface area contributed by atoms with Gasteiger partial charge in [0.2, 0.25) is 0 Å². The fraction of sp³-hybridized carbons (Fsp3) is 0.308. The molecule has 0 bridgehead atoms. The molecule has 0 amide bonds. The van der Waals surface area contributed by atoms with Gasteiger partial charge < -0.3 is 0 Å². The SMILES string of the molecule is CC(C)(C)C(C)(c1ccccc1)C(Cc1ccccc1)c1ccccc1. The van der Waals surface area contributed by atoms with Gasteiger partial charge in [0.15, 0.2) is 0 Å². The van der Waals surface area contributed by atoms with Crippen LogP contribution in [0.3, 0.4) is 0 Å². The summed E-state index contributed by atoms with van der Waals surface area (Å²) in [5, 5.41) is 0. The third kappa shape index (κ3) is 3.60. The van der Waals surface area contributed by atoms with Crippen LogP contribution in [0.1, 0.15) is 50.3 Å². The first-order valence-electron chi connectivity index (χ1n) is 9.57. The van der Waals surface area contributed by atoms with Crippen LogP contribution < -0.4 is 0 Å². The fourth-order valence-corrected chi connectivity index (χ4v) is 4.13. The van der Waals surface area contributed by atoms with Crippen molar-refractivity contribution in [2.45, 2.75) is 45.4 Å². The van der Waals surface area contributed by atoms with Gasteiger partial charge in [0, 0.05) is 5.41 Å². The van der Waals surface area contributed by atoms with Crippen molar-refractivity contribution >= 4 is 0 Å². The Kier molecular flexibility index (Phi) is 5.32. The quantitative estimate of drug-likeness (QED) is 0.467. The standard InChI is InChI=1S/C26H30/c1-25(2,3)26(4,23-18-12-7-13-19-23)24(22-16-10-6-11-17-22)20-21-14-8-5-9-15-21/h5-19,24H,20H2,1-4H3. The maximum atomic E-state index is 2.45. The molecule has 0 nitrogen and oxygen atoms in total. The third-order valence-electron chi connectivity index (χ3n) is 6.11. The second-order valence-electron chi connectivity index (χ2n) is 8.47. The van der Waals surface area contributed by atoms with Gasteiger partial charge in [0.05, 0.1) is 0 Å². The Morgan fingerprint density at radius 2 is 1.08 bits per heavy atom. The highest BCUT2D eigenvalue weighted by molar-refractivity contribution is 5.37. The predicted molar refractivity (Wildman–Crippen MR) is 113 cm³/mol. The summed E-state index contributed by atoms with van der Waals surface area (Å²) in [5.74, 6) is 0.397. The van der Waals surface area contributed by atoms with Crippen molar-refractivity contribution in [2.24, 2.45) is 5.41 Å². The Morgan fingerprint density at radius 3 is 1.58 bits per heavy atom. The van der Waals surface area contributed by atoms with Gasteiger partial charge in [0.1, 0.15) is 0 Å². The number of hydrogen-bond donors (Lipinski definition) is 0. The van der Waals surface area contributed by atoms with Gasteiger partial charge in [-0.3, -0.25) is 0 Å². The summed E-state index contributed by atoms with van der Waals surface area (Å²) in [6, 6.07) is 33.0. The average Bonchev–Trinajstić information content (AvgIpc) is 2.67. The molecule has 0 aliphatic heterocycles. The van der Waals surface area contributed by atoms with Crippen LogP contribution in [-0.4, -0.2) is 0 Å². The van der Waals surface area contributed by atoms with Gasteiger partial charge >= 0.3 is 0 Å². The summed E-state index contributed by atoms with van der Waals surface area (Å²) in [5.41, 5.74) is 4.34. The van der Waals surface area contributed by atoms with Gasteiger partial charge in [-0.1, -0.05) is 119 Å². The van der Waals surface area contributed by atoms with E-state index in [1.54, 1.807) is 0 Å². The summed E-state index contributed by atoms with van der Waals surface area (Å²) in [6.07, 6.45) is 1.04. The fourth-order valence-electron chi connectivity index (χ4n) is 4.13. The molecule has 2 unspecified atom stereocenters. The zero-order chi connectivity index (χ0) is 18.6. The monoisotopic (exact) mass is 342 g/mol. The summed E-state index contributed by atoms with van der Waals surface area (Å²) in [6.45, 7) is 9.58. The van der Waals surface area contributed by atoms with Gasteiger partial charge in [-0.2, -0.15) is 0 Å². The Bertz CT molecular complexity index is 797. The molecule has 134 valence electrons. The second-order valence-corrected chi connectivity index (χ2v) is 8.47. The van der Waals surface area contributed by atoms with Crippen LogP contribution in [0.4, 0.5) is 0 Å². The molecule has 0 radical (unpaired) electrons. The van der Waals surface area contributed by atoms with Crippen LogP contribution in [0.5, 0.6) is 0 Å². The van der Waals surface area contributed by atoms with E-state index in [2.05, 4.69) is 119 Å². The van der Waals surface area contributed by atoms with E-state index in [9.17, 15) is 0 Å². The molecule has 3 aromatic carbocycles. The van der Waals surface area contributed by atoms with E-state index in [4.69, 9.17) is 0 Å². The van der Waals surface area contributed by atoms with Crippen LogP contribution in [0.25, 0.3) is 0 Å². The Morgan fingerprint density at radius 1 is 0.615 bits per heavy atom. The Hall–Kier alpha value is -2.34. The molecular formula is C26H30. The first-order valence-corrected chi connectivity index (χ1v) is 9.57. The predicted octanol–water partition coefficient (Wildman–Crippen LogP) is 7.02. The van der Waals surface area contributed by atoms with E-state index in [-0.39, 0.29) is 10.8 Å². The summed E-state index contributed by atoms with van der Waals surface area (Å²) < 4.78 is 0. The molecule has 0 fully saturated rings. The first kappa shape index (κ1) is 18.5. The highest BCUT2D eigenvalue weighted by atomic mass is 14.5. The molecule has 3 rings (SSSR count). The highest BCUT2D eigenvalue weighted by Gasteiger charge is 2.45. The summed E-state index contributed by atoms with van der Waals surface area (Å²) in [7, 11) is 0. The van der Waals surface area contributed by atoms with Crippen molar-refractivity contribution in [1.82, 2.24) is 0 Å². The molecule has 2 atom stereocenters. The topological polar surface area (TPSA) is 0 Å². The smallest absolute Gasteiger partial charge is 0.00450 e. The van der Waals surface area contributed by atoms with E-state index in [1.807, 2.05) is 0 Å². The van der Waals surface area contributed by atoms with Gasteiger partial charge in [-0.15, -0.1) is 0 Å². The minimum atomic E-state index is 0.00541. The normalized spacial score (nSPS) is 15.2. The lowest BCUT2D eigenvalue weighted by Gasteiger charge is -2.49. The van der Waals surface area contributed by atoms with Gasteiger partial charge in [-0.05, 0) is 34.4 Å². The van der Waals surface area contributed by atoms with Crippen LogP contribution in [0, 0.1) is 5.41 Å². The zero-order valence-corrected chi connectivity index (χ0v) is 16.4. The third-order valence-corrected chi connectivity index (χ3v) is 6.11. The molecule has 0 aliphatic rings. The van der Waals surface area contributed by atoms with Crippen molar-refractivity contribution in [3.05, 3.63) is 108 Å². The van der Waals surface area contributed by atoms with E-state index in [1.165, 1.54) is 16.7 Å². The maximum Gasteiger partial charge on any atom is 0.00450 e. The second kappa shape index (κ2) is 7.50. The minimum absolute atomic E-state index is 0.00541. The Labute approximate surface area is 158 Å². The summed E-state index contributed by atoms with van der Waals surface area (Å²) in [4.78, 5) is 0. The lowest BCUT2D eigenvalue weighted by Crippen LogP contribution is -2.43. The molecule has 0 saturated heterocycles. The lowest BCUT2D eigenvalue weighted by atomic mass is 9.55. The van der Waals surface area contributed by atoms with Crippen molar-refractivity contribution in [3.63, 3.8) is 0 Å². The van der Waals surface area contributed by atoms with E-state index in [0.717, 1.165) is 6.42 Å². The number of rotatable bonds is 5. The molecule has 3 aromatic rings. The molecule has 0 aliphatic carbocycles. The largest absolute Gasteiger partial charge is 0.0622 e. The molecular weight excluding hydrogens is 312 g/mol. The molecule has 0 saturated carbocycles. The number of benzene rings is 3. The molecule has 0 N–H and O–H groups in total. The number of hydrogen-bond acceptors (Lipinski definition) is 0. The molecule has 0 heteroatoms. The zero-order valence-electron chi connectivity index (χ0n) is 16.4. The van der Waals surface area contributed by atoms with Crippen molar-refractivity contribution in [2.75, 3.05) is 0 Å². The molecule has 0 aromatic heterocycles. The average molecular weight is 343 g/mol. The van der Waals surface area contributed by atoms with Crippen LogP contribution in [-0.2, 0) is 11.8 Å². The van der Waals surface area contributed by atoms with Crippen LogP contribution >= 0.6 is 0 Å². The first-order chi connectivity index (χ1) is 12.4. The van der Waals surface area contributed by atoms with E-state index in [0.29, 0.717) is 5.92 Å². The molecule has 0 heterocycles. The van der Waals surface area contributed by atoms with E-state index < -0.39 is 0 Å². The van der Waals surface area contributed by atoms with Crippen molar-refractivity contribution in [3.8, 4) is 0 Å². The summed E-state index contributed by atoms with van der Waals surface area (Å²) >= 11 is 0. The molecule has 0 spiro atoms. The Balaban J connectivity index is 2.17. The maximum absolute atomic E-state index is 2.45. The van der Waals surface area contributed by atoms with Crippen molar-refractivity contribution in [1.29, 1.82) is 0 Å². The van der Waals surface area contributed by atoms with Crippen LogP contribution in [0.2, 0.25) is 0 Å².